The highest BCUT2D eigenvalue weighted by atomic mass is 32.2. The van der Waals surface area contributed by atoms with Crippen LogP contribution < -0.4 is 10.1 Å². The first-order valence-electron chi connectivity index (χ1n) is 9.44. The molecular weight excluding hydrogens is 448 g/mol. The predicted octanol–water partition coefficient (Wildman–Crippen LogP) is 5.19. The number of rotatable bonds is 6. The van der Waals surface area contributed by atoms with E-state index in [0.29, 0.717) is 21.4 Å². The van der Waals surface area contributed by atoms with Crippen LogP contribution >= 0.6 is 11.8 Å². The molecule has 0 radical (unpaired) electrons. The molecule has 4 rings (SSSR count). The van der Waals surface area contributed by atoms with Crippen molar-refractivity contribution in [3.8, 4) is 11.5 Å². The van der Waals surface area contributed by atoms with E-state index in [1.807, 2.05) is 30.3 Å². The third-order valence-electron chi connectivity index (χ3n) is 4.39. The van der Waals surface area contributed by atoms with Gasteiger partial charge in [0.25, 0.3) is 11.6 Å². The minimum atomic E-state index is -0.744. The van der Waals surface area contributed by atoms with E-state index >= 15 is 0 Å². The van der Waals surface area contributed by atoms with Gasteiger partial charge in [0.15, 0.2) is 5.17 Å². The maximum Gasteiger partial charge on any atom is 0.318 e. The average Bonchev–Trinajstić information content (AvgIpc) is 3.14. The van der Waals surface area contributed by atoms with Crippen LogP contribution in [0.15, 0.2) is 82.7 Å². The highest BCUT2D eigenvalue weighted by molar-refractivity contribution is 8.18. The number of benzene rings is 3. The monoisotopic (exact) mass is 462 g/mol. The van der Waals surface area contributed by atoms with Crippen molar-refractivity contribution in [1.82, 2.24) is 5.32 Å². The molecule has 1 saturated heterocycles. The van der Waals surface area contributed by atoms with Gasteiger partial charge in [0.05, 0.1) is 26.5 Å². The molecule has 1 N–H and O–H groups in total. The second-order valence-electron chi connectivity index (χ2n) is 6.65. The van der Waals surface area contributed by atoms with E-state index in [1.165, 1.54) is 17.8 Å². The maximum atomic E-state index is 12.2. The largest absolute Gasteiger partial charge is 0.450 e. The first kappa shape index (κ1) is 21.7. The van der Waals surface area contributed by atoms with Gasteiger partial charge in [-0.25, -0.2) is 4.99 Å². The summed E-state index contributed by atoms with van der Waals surface area (Å²) in [6, 6.07) is 18.9. The number of non-ortho nitro benzene ring substituents is 1. The van der Waals surface area contributed by atoms with Crippen LogP contribution in [0, 0.1) is 20.2 Å². The number of para-hydroxylation sites is 1. The summed E-state index contributed by atoms with van der Waals surface area (Å²) >= 11 is 1.21. The zero-order chi connectivity index (χ0) is 23.4. The highest BCUT2D eigenvalue weighted by Crippen LogP contribution is 2.35. The summed E-state index contributed by atoms with van der Waals surface area (Å²) < 4.78 is 5.55. The van der Waals surface area contributed by atoms with Crippen LogP contribution in [0.5, 0.6) is 11.5 Å². The number of carbonyl (C=O) groups is 1. The first-order chi connectivity index (χ1) is 15.9. The summed E-state index contributed by atoms with van der Waals surface area (Å²) in [6.45, 7) is 0. The summed E-state index contributed by atoms with van der Waals surface area (Å²) in [5.74, 6) is -0.0929. The molecule has 10 nitrogen and oxygen atoms in total. The fourth-order valence-electron chi connectivity index (χ4n) is 2.86. The Balaban J connectivity index is 1.50. The smallest absolute Gasteiger partial charge is 0.318 e. The van der Waals surface area contributed by atoms with Crippen LogP contribution in [0.3, 0.4) is 0 Å². The standard InChI is InChI=1S/C22H14N4O6S/c27-21-20(33-22(24-21)23-15-4-2-1-3-5-15)12-14-6-9-17(10-7-14)32-19-11-8-16(25(28)29)13-18(19)26(30)31/h1-13H,(H,23,24,27). The number of carbonyl (C=O) groups excluding carboxylic acids is 1. The molecule has 0 unspecified atom stereocenters. The molecule has 0 saturated carbocycles. The Morgan fingerprint density at radius 1 is 0.939 bits per heavy atom. The maximum absolute atomic E-state index is 12.2. The van der Waals surface area contributed by atoms with Gasteiger partial charge in [-0.3, -0.25) is 25.0 Å². The Morgan fingerprint density at radius 2 is 1.67 bits per heavy atom. The predicted molar refractivity (Wildman–Crippen MR) is 124 cm³/mol. The Hall–Kier alpha value is -4.51. The Kier molecular flexibility index (Phi) is 6.13. The summed E-state index contributed by atoms with van der Waals surface area (Å²) in [7, 11) is 0. The average molecular weight is 462 g/mol. The Bertz CT molecular complexity index is 1310. The lowest BCUT2D eigenvalue weighted by Crippen LogP contribution is -2.19. The number of hydrogen-bond acceptors (Lipinski definition) is 8. The molecule has 33 heavy (non-hydrogen) atoms. The minimum Gasteiger partial charge on any atom is -0.450 e. The number of nitro benzene ring substituents is 2. The van der Waals surface area contributed by atoms with E-state index in [0.717, 1.165) is 17.8 Å². The Labute approximate surface area is 190 Å². The van der Waals surface area contributed by atoms with Crippen LogP contribution in [-0.4, -0.2) is 20.9 Å². The molecule has 0 bridgehead atoms. The van der Waals surface area contributed by atoms with E-state index in [2.05, 4.69) is 10.3 Å². The topological polar surface area (TPSA) is 137 Å². The molecule has 11 heteroatoms. The van der Waals surface area contributed by atoms with Crippen molar-refractivity contribution in [2.24, 2.45) is 4.99 Å². The van der Waals surface area contributed by atoms with E-state index < -0.39 is 21.2 Å². The van der Waals surface area contributed by atoms with Gasteiger partial charge in [0, 0.05) is 6.07 Å². The molecule has 1 fully saturated rings. The zero-order valence-corrected chi connectivity index (χ0v) is 17.5. The first-order valence-corrected chi connectivity index (χ1v) is 10.3. The van der Waals surface area contributed by atoms with Crippen molar-refractivity contribution < 1.29 is 19.4 Å². The highest BCUT2D eigenvalue weighted by Gasteiger charge is 2.24. The van der Waals surface area contributed by atoms with E-state index in [9.17, 15) is 25.0 Å². The normalized spacial score (nSPS) is 15.5. The number of hydrogen-bond donors (Lipinski definition) is 1. The van der Waals surface area contributed by atoms with Gasteiger partial charge in [-0.1, -0.05) is 30.3 Å². The number of nitrogens with zero attached hydrogens (tertiary/aromatic N) is 3. The van der Waals surface area contributed by atoms with E-state index in [4.69, 9.17) is 4.74 Å². The molecule has 1 amide bonds. The molecule has 1 aliphatic heterocycles. The summed E-state index contributed by atoms with van der Waals surface area (Å²) in [4.78, 5) is 37.8. The number of nitro groups is 2. The number of aliphatic imine (C=N–C) groups is 1. The number of amidine groups is 1. The van der Waals surface area contributed by atoms with Crippen LogP contribution in [0.2, 0.25) is 0 Å². The molecule has 3 aromatic rings. The number of thioether (sulfide) groups is 1. The second kappa shape index (κ2) is 9.32. The van der Waals surface area contributed by atoms with Gasteiger partial charge < -0.3 is 10.1 Å². The molecule has 1 heterocycles. The lowest BCUT2D eigenvalue weighted by Gasteiger charge is -2.06. The molecule has 3 aromatic carbocycles. The number of nitrogens with one attached hydrogen (secondary N) is 1. The van der Waals surface area contributed by atoms with Gasteiger partial charge in [0.1, 0.15) is 5.75 Å². The summed E-state index contributed by atoms with van der Waals surface area (Å²) in [6.07, 6.45) is 1.69. The zero-order valence-electron chi connectivity index (χ0n) is 16.7. The van der Waals surface area contributed by atoms with E-state index in [-0.39, 0.29) is 11.7 Å². The molecular formula is C22H14N4O6S. The van der Waals surface area contributed by atoms with Gasteiger partial charge in [0.2, 0.25) is 5.75 Å². The Morgan fingerprint density at radius 3 is 2.33 bits per heavy atom. The molecule has 1 aliphatic rings. The summed E-state index contributed by atoms with van der Waals surface area (Å²) in [5.41, 5.74) is 0.515. The minimum absolute atomic E-state index is 0.121. The number of ether oxygens (including phenoxy) is 1. The second-order valence-corrected chi connectivity index (χ2v) is 7.69. The molecule has 164 valence electrons. The third-order valence-corrected chi connectivity index (χ3v) is 5.30. The fourth-order valence-corrected chi connectivity index (χ4v) is 3.70. The lowest BCUT2D eigenvalue weighted by atomic mass is 10.2. The SMILES string of the molecule is O=C1NC(=Nc2ccccc2)SC1=Cc1ccc(Oc2ccc([N+](=O)[O-])cc2[N+](=O)[O-])cc1. The van der Waals surface area contributed by atoms with Crippen LogP contribution in [0.25, 0.3) is 6.08 Å². The van der Waals surface area contributed by atoms with Gasteiger partial charge in [-0.05, 0) is 53.7 Å². The van der Waals surface area contributed by atoms with Gasteiger partial charge >= 0.3 is 5.69 Å². The van der Waals surface area contributed by atoms with Crippen molar-refractivity contribution in [3.63, 3.8) is 0 Å². The van der Waals surface area contributed by atoms with Crippen LogP contribution in [0.4, 0.5) is 17.1 Å². The third kappa shape index (κ3) is 5.22. The van der Waals surface area contributed by atoms with Crippen molar-refractivity contribution in [1.29, 1.82) is 0 Å². The van der Waals surface area contributed by atoms with Crippen molar-refractivity contribution in [2.45, 2.75) is 0 Å². The summed E-state index contributed by atoms with van der Waals surface area (Å²) in [5, 5.41) is 25.3. The quantitative estimate of drug-likeness (QED) is 0.302. The lowest BCUT2D eigenvalue weighted by molar-refractivity contribution is -0.394. The van der Waals surface area contributed by atoms with Gasteiger partial charge in [-0.2, -0.15) is 0 Å². The molecule has 0 aliphatic carbocycles. The van der Waals surface area contributed by atoms with Crippen LogP contribution in [0.1, 0.15) is 5.56 Å². The molecule has 0 spiro atoms. The van der Waals surface area contributed by atoms with Crippen molar-refractivity contribution in [3.05, 3.63) is 103 Å². The van der Waals surface area contributed by atoms with Crippen LogP contribution in [-0.2, 0) is 4.79 Å². The van der Waals surface area contributed by atoms with Crippen molar-refractivity contribution in [2.75, 3.05) is 0 Å². The number of amides is 1. The molecule has 0 atom stereocenters. The van der Waals surface area contributed by atoms with Crippen molar-refractivity contribution >= 4 is 46.0 Å². The van der Waals surface area contributed by atoms with Gasteiger partial charge in [-0.15, -0.1) is 0 Å². The molecule has 0 aromatic heterocycles. The fraction of sp³-hybridized carbons (Fsp3) is 0. The van der Waals surface area contributed by atoms with E-state index in [1.54, 1.807) is 30.3 Å².